The Labute approximate surface area is 528 Å². The summed E-state index contributed by atoms with van der Waals surface area (Å²) >= 11 is 0. The van der Waals surface area contributed by atoms with Crippen molar-refractivity contribution in [3.63, 3.8) is 0 Å². The molecule has 0 fully saturated rings. The van der Waals surface area contributed by atoms with Gasteiger partial charge in [0.2, 0.25) is 17.6 Å². The van der Waals surface area contributed by atoms with Gasteiger partial charge in [-0.2, -0.15) is 0 Å². The molecule has 0 aliphatic carbocycles. The summed E-state index contributed by atoms with van der Waals surface area (Å²) in [6, 6.07) is 16.9. The molecule has 0 aromatic heterocycles. The lowest BCUT2D eigenvalue weighted by Crippen LogP contribution is -2.24. The van der Waals surface area contributed by atoms with E-state index in [-0.39, 0.29) is 36.9 Å². The summed E-state index contributed by atoms with van der Waals surface area (Å²) in [5.74, 6) is 2.52. The quantitative estimate of drug-likeness (QED) is 0.0247. The number of nitrogens with one attached hydrogen (secondary N) is 2. The van der Waals surface area contributed by atoms with Crippen LogP contribution in [0.3, 0.4) is 0 Å². The minimum atomic E-state index is -0.184. The van der Waals surface area contributed by atoms with Gasteiger partial charge in [-0.25, -0.2) is 10.9 Å². The maximum atomic E-state index is 12.7. The van der Waals surface area contributed by atoms with Gasteiger partial charge in [0.1, 0.15) is 24.7 Å². The second-order valence-electron chi connectivity index (χ2n) is 24.7. The fourth-order valence-electron chi connectivity index (χ4n) is 10.2. The smallest absolute Gasteiger partial charge is 0.244 e. The van der Waals surface area contributed by atoms with E-state index in [1.54, 1.807) is 0 Å². The zero-order chi connectivity index (χ0) is 62.8. The van der Waals surface area contributed by atoms with E-state index < -0.39 is 0 Å². The molecule has 488 valence electrons. The van der Waals surface area contributed by atoms with Gasteiger partial charge >= 0.3 is 0 Å². The van der Waals surface area contributed by atoms with Crippen LogP contribution >= 0.6 is 0 Å². The van der Waals surface area contributed by atoms with Crippen molar-refractivity contribution in [3.05, 3.63) is 89.0 Å². The van der Waals surface area contributed by atoms with Crippen LogP contribution in [-0.4, -0.2) is 31.6 Å². The van der Waals surface area contributed by atoms with E-state index in [2.05, 4.69) is 98.2 Å². The number of hydrogen-bond donors (Lipinski definition) is 2. The topological polar surface area (TPSA) is 154 Å². The normalized spacial score (nSPS) is 12.1. The lowest BCUT2D eigenvalue weighted by molar-refractivity contribution is -0.125. The third-order valence-corrected chi connectivity index (χ3v) is 15.9. The molecule has 13 nitrogen and oxygen atoms in total. The minimum Gasteiger partial charge on any atom is -0.489 e. The van der Waals surface area contributed by atoms with Gasteiger partial charge in [0.15, 0.2) is 11.5 Å². The number of allylic oxidation sites excluding steroid dienone is 4. The van der Waals surface area contributed by atoms with E-state index in [1.165, 1.54) is 165 Å². The van der Waals surface area contributed by atoms with Crippen molar-refractivity contribution in [1.29, 1.82) is 0 Å². The monoisotopic (exact) mass is 1200 g/mol. The molecule has 3 aromatic rings. The van der Waals surface area contributed by atoms with Crippen LogP contribution < -0.4 is 34.5 Å². The van der Waals surface area contributed by atoms with E-state index in [4.69, 9.17) is 23.7 Å². The summed E-state index contributed by atoms with van der Waals surface area (Å²) in [5.41, 5.74) is 10.5. The van der Waals surface area contributed by atoms with Gasteiger partial charge in [0.25, 0.3) is 0 Å². The number of unbranched alkanes of at least 4 members (excludes halogenated alkanes) is 27. The first-order valence-electron chi connectivity index (χ1n) is 34.7. The summed E-state index contributed by atoms with van der Waals surface area (Å²) in [6.07, 6.45) is 44.4. The van der Waals surface area contributed by atoms with Crippen LogP contribution in [0.5, 0.6) is 28.7 Å². The number of carbonyl (C=O) groups excluding carboxylic acids is 2. The molecule has 0 saturated carbocycles. The summed E-state index contributed by atoms with van der Waals surface area (Å²) in [5, 5.41) is 16.6. The SMILES string of the molecule is CCCCCCCCCCCCOc1c(COc2ccc(N=NNC(=O)[C@@H](C)CCC=C(C)C)cc2)cc(COc2ccc(N=NNC(=O)[C@@H](C)CCC=C(C)C)cc2)c(OCCCCCCCCCCCC)c1OCCCCCCCCCCCC. The molecule has 3 aromatic carbocycles. The van der Waals surface area contributed by atoms with Gasteiger partial charge in [-0.15, -0.1) is 10.2 Å². The second-order valence-corrected chi connectivity index (χ2v) is 24.7. The van der Waals surface area contributed by atoms with Crippen LogP contribution in [0.2, 0.25) is 0 Å². The number of rotatable bonds is 54. The summed E-state index contributed by atoms with van der Waals surface area (Å²) in [7, 11) is 0. The van der Waals surface area contributed by atoms with Gasteiger partial charge in [0, 0.05) is 23.0 Å². The maximum Gasteiger partial charge on any atom is 0.244 e. The first-order chi connectivity index (χ1) is 42.4. The van der Waals surface area contributed by atoms with Crippen LogP contribution in [0.15, 0.2) is 98.6 Å². The van der Waals surface area contributed by atoms with Crippen molar-refractivity contribution < 1.29 is 33.3 Å². The Morgan fingerprint density at radius 3 is 0.989 bits per heavy atom. The zero-order valence-electron chi connectivity index (χ0n) is 56.2. The highest BCUT2D eigenvalue weighted by atomic mass is 16.5. The largest absolute Gasteiger partial charge is 0.489 e. The van der Waals surface area contributed by atoms with E-state index in [9.17, 15) is 9.59 Å². The van der Waals surface area contributed by atoms with Gasteiger partial charge in [0.05, 0.1) is 31.2 Å². The molecule has 0 unspecified atom stereocenters. The number of nitrogens with zero attached hydrogens (tertiary/aromatic N) is 4. The molecule has 0 radical (unpaired) electrons. The highest BCUT2D eigenvalue weighted by molar-refractivity contribution is 5.78. The Bertz CT molecular complexity index is 2210. The fraction of sp³-hybridized carbons (Fsp3) is 0.676. The molecule has 13 heteroatoms. The Morgan fingerprint density at radius 1 is 0.402 bits per heavy atom. The third kappa shape index (κ3) is 37.0. The molecule has 87 heavy (non-hydrogen) atoms. The van der Waals surface area contributed by atoms with Crippen LogP contribution in [0, 0.1) is 11.8 Å². The average Bonchev–Trinajstić information content (AvgIpc) is 1.95. The van der Waals surface area contributed by atoms with Gasteiger partial charge in [-0.05, 0) is 127 Å². The van der Waals surface area contributed by atoms with E-state index in [0.717, 1.165) is 75.3 Å². The van der Waals surface area contributed by atoms with Crippen molar-refractivity contribution in [3.8, 4) is 28.7 Å². The number of amides is 2. The van der Waals surface area contributed by atoms with Crippen LogP contribution in [0.25, 0.3) is 0 Å². The van der Waals surface area contributed by atoms with Crippen LogP contribution in [0.1, 0.15) is 292 Å². The maximum absolute atomic E-state index is 12.7. The van der Waals surface area contributed by atoms with Gasteiger partial charge in [-0.3, -0.25) is 9.59 Å². The first kappa shape index (κ1) is 75.5. The summed E-state index contributed by atoms with van der Waals surface area (Å²) in [4.78, 5) is 25.4. The van der Waals surface area contributed by atoms with E-state index >= 15 is 0 Å². The number of ether oxygens (including phenoxy) is 5. The minimum absolute atomic E-state index is 0.158. The molecule has 0 bridgehead atoms. The molecule has 0 heterocycles. The zero-order valence-corrected chi connectivity index (χ0v) is 56.2. The van der Waals surface area contributed by atoms with Gasteiger partial charge in [-0.1, -0.05) is 242 Å². The van der Waals surface area contributed by atoms with Crippen molar-refractivity contribution in [1.82, 2.24) is 10.9 Å². The highest BCUT2D eigenvalue weighted by Gasteiger charge is 2.24. The highest BCUT2D eigenvalue weighted by Crippen LogP contribution is 2.45. The van der Waals surface area contributed by atoms with Crippen molar-refractivity contribution in [2.45, 2.75) is 294 Å². The van der Waals surface area contributed by atoms with Crippen molar-refractivity contribution in [2.24, 2.45) is 32.5 Å². The van der Waals surface area contributed by atoms with Crippen LogP contribution in [0.4, 0.5) is 11.4 Å². The standard InChI is InChI=1S/C74H120N6O7/c1-10-13-16-19-22-25-28-31-34-37-54-83-70-64(58-86-68-50-46-66(47-51-68)75-79-77-73(81)62(8)44-40-42-60(4)5)57-65(59-87-69-52-48-67(49-53-69)76-80-78-74(82)63(9)45-41-43-61(6)7)71(84-55-38-35-32-29-26-23-20-17-14-11-2)72(70)85-56-39-36-33-30-27-24-21-18-15-12-3/h42-43,46-53,57,62-63H,10-41,44-45,54-56,58-59H2,1-9H3,(H,75,77,81)(H,76,78,82)/t62-,63-/m0/s1. The molecule has 0 aliphatic heterocycles. The molecular formula is C74H120N6O7. The first-order valence-corrected chi connectivity index (χ1v) is 34.7. The molecule has 3 rings (SSSR count). The molecule has 2 amide bonds. The van der Waals surface area contributed by atoms with Crippen LogP contribution in [-0.2, 0) is 22.8 Å². The average molecular weight is 1210 g/mol. The second kappa shape index (κ2) is 50.2. The molecule has 0 saturated heterocycles. The lowest BCUT2D eigenvalue weighted by atomic mass is 10.0. The molecule has 0 aliphatic rings. The molecule has 2 atom stereocenters. The van der Waals surface area contributed by atoms with E-state index in [0.29, 0.717) is 59.9 Å². The Morgan fingerprint density at radius 2 is 0.690 bits per heavy atom. The number of hydrogen-bond acceptors (Lipinski definition) is 11. The summed E-state index contributed by atoms with van der Waals surface area (Å²) < 4.78 is 34.1. The lowest BCUT2D eigenvalue weighted by Gasteiger charge is -2.23. The summed E-state index contributed by atoms with van der Waals surface area (Å²) in [6.45, 7) is 20.9. The Hall–Kier alpha value is -5.72. The number of benzene rings is 3. The molecular weight excluding hydrogens is 1080 g/mol. The Kier molecular flexibility index (Phi) is 43.6. The van der Waals surface area contributed by atoms with Crippen molar-refractivity contribution in [2.75, 3.05) is 19.8 Å². The predicted octanol–water partition coefficient (Wildman–Crippen LogP) is 22.7. The molecule has 0 spiro atoms. The van der Waals surface area contributed by atoms with E-state index in [1.807, 2.05) is 62.4 Å². The third-order valence-electron chi connectivity index (χ3n) is 15.9. The number of carbonyl (C=O) groups is 2. The fourth-order valence-corrected chi connectivity index (χ4v) is 10.2. The Balaban J connectivity index is 1.97. The predicted molar refractivity (Wildman–Crippen MR) is 361 cm³/mol. The molecule has 2 N–H and O–H groups in total. The van der Waals surface area contributed by atoms with Gasteiger partial charge < -0.3 is 23.7 Å². The van der Waals surface area contributed by atoms with Crippen molar-refractivity contribution >= 4 is 23.2 Å².